The number of aliphatic hydroxyl groups is 4. The van der Waals surface area contributed by atoms with E-state index < -0.39 is 66.3 Å². The topological polar surface area (TPSA) is 169 Å². The van der Waals surface area contributed by atoms with Crippen molar-refractivity contribution >= 4 is 17.5 Å². The van der Waals surface area contributed by atoms with E-state index in [0.29, 0.717) is 12.0 Å². The highest BCUT2D eigenvalue weighted by atomic mass is 16.7. The average molecular weight is 539 g/mol. The lowest BCUT2D eigenvalue weighted by molar-refractivity contribution is -0.313. The summed E-state index contributed by atoms with van der Waals surface area (Å²) >= 11 is 0. The molecule has 11 heteroatoms. The number of allylic oxidation sites excluding steroid dienone is 2. The predicted molar refractivity (Wildman–Crippen MR) is 128 cm³/mol. The molecule has 0 bridgehead atoms. The summed E-state index contributed by atoms with van der Waals surface area (Å²) in [7, 11) is 1.41. The van der Waals surface area contributed by atoms with Gasteiger partial charge in [-0.1, -0.05) is 20.8 Å². The van der Waals surface area contributed by atoms with Gasteiger partial charge >= 0.3 is 5.97 Å². The van der Waals surface area contributed by atoms with Crippen LogP contribution in [-0.2, 0) is 33.3 Å². The highest BCUT2D eigenvalue weighted by Crippen LogP contribution is 2.67. The minimum absolute atomic E-state index is 0.0881. The molecule has 4 fully saturated rings. The van der Waals surface area contributed by atoms with Gasteiger partial charge in [-0.15, -0.1) is 0 Å². The number of ether oxygens (including phenoxy) is 4. The zero-order chi connectivity index (χ0) is 27.9. The fourth-order valence-corrected chi connectivity index (χ4v) is 8.45. The number of fused-ring (bicyclic) bond motifs is 2. The molecule has 0 amide bonds. The number of carbonyl (C=O) groups is 3. The summed E-state index contributed by atoms with van der Waals surface area (Å²) in [6, 6.07) is 0. The second kappa shape index (κ2) is 9.35. The summed E-state index contributed by atoms with van der Waals surface area (Å²) in [5.74, 6) is -2.39. The molecule has 0 aromatic heterocycles. The minimum atomic E-state index is -1.65. The van der Waals surface area contributed by atoms with Gasteiger partial charge in [-0.05, 0) is 37.2 Å². The van der Waals surface area contributed by atoms with Crippen molar-refractivity contribution < 1.29 is 53.8 Å². The first-order valence-electron chi connectivity index (χ1n) is 13.3. The summed E-state index contributed by atoms with van der Waals surface area (Å²) in [6.45, 7) is 6.83. The van der Waals surface area contributed by atoms with Gasteiger partial charge in [0.15, 0.2) is 17.8 Å². The number of methoxy groups -OCH3 is 1. The van der Waals surface area contributed by atoms with Gasteiger partial charge in [0.25, 0.3) is 0 Å². The molecule has 0 aromatic rings. The Labute approximate surface area is 221 Å². The Kier molecular flexibility index (Phi) is 6.81. The monoisotopic (exact) mass is 538 g/mol. The number of carbonyl (C=O) groups excluding carboxylic acids is 3. The molecule has 2 saturated heterocycles. The standard InChI is InChI=1S/C27H38O11/c1-10-6-14(36-25-20(32)19(31)18(30)15(9-28)37-25)24(34)27(4)12(10)7-16-26(3)13(8-17(29)38-16)11(2)22(35-5)21(33)23(26)27/h10,12-16,18-20,23,25,28,30-32H,6-9H2,1-5H3/t10-,12+,13+,14+,15?,16-,18?,19?,20?,23+,25?,26-,27+/m1/s1. The van der Waals surface area contributed by atoms with Crippen molar-refractivity contribution in [1.82, 2.24) is 0 Å². The molecule has 0 aromatic carbocycles. The molecule has 0 spiro atoms. The van der Waals surface area contributed by atoms with Gasteiger partial charge in [0.05, 0.1) is 20.1 Å². The third-order valence-electron chi connectivity index (χ3n) is 10.4. The molecule has 212 valence electrons. The minimum Gasteiger partial charge on any atom is -0.493 e. The van der Waals surface area contributed by atoms with Gasteiger partial charge in [-0.2, -0.15) is 0 Å². The Morgan fingerprint density at radius 3 is 2.37 bits per heavy atom. The molecule has 38 heavy (non-hydrogen) atoms. The normalized spacial score (nSPS) is 50.8. The lowest BCUT2D eigenvalue weighted by Gasteiger charge is -2.65. The summed E-state index contributed by atoms with van der Waals surface area (Å²) in [4.78, 5) is 41.1. The fraction of sp³-hybridized carbons (Fsp3) is 0.815. The molecule has 5 unspecified atom stereocenters. The first-order chi connectivity index (χ1) is 17.8. The average Bonchev–Trinajstić information content (AvgIpc) is 2.86. The summed E-state index contributed by atoms with van der Waals surface area (Å²) in [5.41, 5.74) is -1.35. The van der Waals surface area contributed by atoms with Crippen molar-refractivity contribution in [3.8, 4) is 0 Å². The third kappa shape index (κ3) is 3.59. The second-order valence-electron chi connectivity index (χ2n) is 12.1. The number of esters is 1. The van der Waals surface area contributed by atoms with Crippen molar-refractivity contribution in [2.45, 2.75) is 89.9 Å². The maximum absolute atomic E-state index is 14.4. The predicted octanol–water partition coefficient (Wildman–Crippen LogP) is -0.136. The molecule has 3 aliphatic carbocycles. The lowest BCUT2D eigenvalue weighted by Crippen LogP contribution is -2.71. The van der Waals surface area contributed by atoms with Crippen LogP contribution in [0.3, 0.4) is 0 Å². The van der Waals surface area contributed by atoms with E-state index >= 15 is 0 Å². The van der Waals surface area contributed by atoms with Crippen LogP contribution in [0.5, 0.6) is 0 Å². The van der Waals surface area contributed by atoms with E-state index in [2.05, 4.69) is 0 Å². The summed E-state index contributed by atoms with van der Waals surface area (Å²) < 4.78 is 22.9. The molecule has 0 radical (unpaired) electrons. The first-order valence-corrected chi connectivity index (χ1v) is 13.3. The molecular formula is C27H38O11. The number of rotatable bonds is 4. The molecule has 5 rings (SSSR count). The molecule has 2 heterocycles. The zero-order valence-electron chi connectivity index (χ0n) is 22.3. The van der Waals surface area contributed by atoms with Crippen LogP contribution in [0, 0.1) is 34.5 Å². The van der Waals surface area contributed by atoms with E-state index in [-0.39, 0.29) is 53.9 Å². The largest absolute Gasteiger partial charge is 0.493 e. The molecule has 2 saturated carbocycles. The molecule has 13 atom stereocenters. The van der Waals surface area contributed by atoms with Gasteiger partial charge in [0.2, 0.25) is 5.78 Å². The highest BCUT2D eigenvalue weighted by Gasteiger charge is 2.72. The van der Waals surface area contributed by atoms with Gasteiger partial charge in [-0.3, -0.25) is 14.4 Å². The van der Waals surface area contributed by atoms with E-state index in [9.17, 15) is 34.8 Å². The smallest absolute Gasteiger partial charge is 0.306 e. The van der Waals surface area contributed by atoms with E-state index in [0.717, 1.165) is 0 Å². The maximum atomic E-state index is 14.4. The van der Waals surface area contributed by atoms with Crippen molar-refractivity contribution in [1.29, 1.82) is 0 Å². The zero-order valence-corrected chi connectivity index (χ0v) is 22.3. The lowest BCUT2D eigenvalue weighted by atomic mass is 9.39. The Morgan fingerprint density at radius 1 is 1.05 bits per heavy atom. The van der Waals surface area contributed by atoms with Crippen LogP contribution < -0.4 is 0 Å². The Bertz CT molecular complexity index is 1050. The van der Waals surface area contributed by atoms with Gasteiger partial charge in [0.1, 0.15) is 36.6 Å². The number of aliphatic hydroxyl groups excluding tert-OH is 4. The molecular weight excluding hydrogens is 500 g/mol. The van der Waals surface area contributed by atoms with E-state index in [1.54, 1.807) is 13.8 Å². The summed E-state index contributed by atoms with van der Waals surface area (Å²) in [5, 5.41) is 40.4. The van der Waals surface area contributed by atoms with Crippen LogP contribution in [0.25, 0.3) is 0 Å². The van der Waals surface area contributed by atoms with Crippen LogP contribution in [0.15, 0.2) is 11.3 Å². The molecule has 11 nitrogen and oxygen atoms in total. The first kappa shape index (κ1) is 27.7. The van der Waals surface area contributed by atoms with E-state index in [4.69, 9.17) is 18.9 Å². The number of ketones is 2. The van der Waals surface area contributed by atoms with Crippen molar-refractivity contribution in [2.75, 3.05) is 13.7 Å². The van der Waals surface area contributed by atoms with E-state index in [1.807, 2.05) is 13.8 Å². The van der Waals surface area contributed by atoms with Crippen LogP contribution >= 0.6 is 0 Å². The fourth-order valence-electron chi connectivity index (χ4n) is 8.45. The molecule has 2 aliphatic heterocycles. The third-order valence-corrected chi connectivity index (χ3v) is 10.4. The molecule has 4 N–H and O–H groups in total. The Balaban J connectivity index is 1.54. The highest BCUT2D eigenvalue weighted by molar-refractivity contribution is 6.04. The van der Waals surface area contributed by atoms with Crippen LogP contribution in [-0.4, -0.2) is 94.6 Å². The molecule has 5 aliphatic rings. The SMILES string of the molecule is COC1=C(C)[C@@H]2CC(=O)O[C@@H]3C[C@H]4[C@H](C)C[C@H](OC5OC(CO)C(O)C(O)C5O)C(=O)[C@]4(C)[C@@H](C1=O)[C@@]32C. The van der Waals surface area contributed by atoms with Gasteiger partial charge in [-0.25, -0.2) is 0 Å². The summed E-state index contributed by atoms with van der Waals surface area (Å²) in [6.07, 6.45) is -8.35. The number of hydrogen-bond acceptors (Lipinski definition) is 11. The van der Waals surface area contributed by atoms with Crippen LogP contribution in [0.1, 0.15) is 47.0 Å². The quantitative estimate of drug-likeness (QED) is 0.278. The Hall–Kier alpha value is -1.89. The van der Waals surface area contributed by atoms with Gasteiger partial charge < -0.3 is 39.4 Å². The van der Waals surface area contributed by atoms with Crippen molar-refractivity contribution in [3.63, 3.8) is 0 Å². The van der Waals surface area contributed by atoms with Crippen molar-refractivity contribution in [3.05, 3.63) is 11.3 Å². The number of Topliss-reactive ketones (excluding diaryl/α,β-unsaturated/α-hetero) is 2. The van der Waals surface area contributed by atoms with Crippen LogP contribution in [0.2, 0.25) is 0 Å². The number of hydrogen-bond donors (Lipinski definition) is 4. The van der Waals surface area contributed by atoms with Crippen LogP contribution in [0.4, 0.5) is 0 Å². The Morgan fingerprint density at radius 2 is 1.74 bits per heavy atom. The maximum Gasteiger partial charge on any atom is 0.306 e. The second-order valence-corrected chi connectivity index (χ2v) is 12.1. The van der Waals surface area contributed by atoms with Gasteiger partial charge in [0, 0.05) is 22.7 Å². The van der Waals surface area contributed by atoms with Crippen molar-refractivity contribution in [2.24, 2.45) is 34.5 Å². The van der Waals surface area contributed by atoms with E-state index in [1.165, 1.54) is 7.11 Å².